The van der Waals surface area contributed by atoms with Gasteiger partial charge in [0.15, 0.2) is 11.6 Å². The van der Waals surface area contributed by atoms with Crippen LogP contribution in [0.1, 0.15) is 19.4 Å². The van der Waals surface area contributed by atoms with Gasteiger partial charge >= 0.3 is 0 Å². The van der Waals surface area contributed by atoms with Crippen molar-refractivity contribution in [2.45, 2.75) is 18.7 Å². The summed E-state index contributed by atoms with van der Waals surface area (Å²) in [5, 5.41) is 3.73. The van der Waals surface area contributed by atoms with Crippen LogP contribution in [0.3, 0.4) is 0 Å². The fraction of sp³-hybridized carbons (Fsp3) is 0.188. The van der Waals surface area contributed by atoms with E-state index < -0.39 is 21.7 Å². The van der Waals surface area contributed by atoms with Crippen molar-refractivity contribution in [2.24, 2.45) is 5.10 Å². The third-order valence-electron chi connectivity index (χ3n) is 3.12. The first-order chi connectivity index (χ1) is 11.3. The highest BCUT2D eigenvalue weighted by atomic mass is 32.2. The predicted octanol–water partition coefficient (Wildman–Crippen LogP) is 3.07. The third kappa shape index (κ3) is 4.29. The number of rotatable bonds is 6. The van der Waals surface area contributed by atoms with Gasteiger partial charge in [-0.25, -0.2) is 8.78 Å². The van der Waals surface area contributed by atoms with Crippen LogP contribution in [0.2, 0.25) is 0 Å². The Morgan fingerprint density at radius 2 is 1.79 bits per heavy atom. The number of hydrazone groups is 1. The fourth-order valence-corrected chi connectivity index (χ4v) is 2.71. The van der Waals surface area contributed by atoms with Crippen molar-refractivity contribution >= 4 is 15.7 Å². The number of nitrogens with one attached hydrogen (secondary N) is 1. The van der Waals surface area contributed by atoms with E-state index >= 15 is 0 Å². The summed E-state index contributed by atoms with van der Waals surface area (Å²) in [6.45, 7) is 3.78. The molecular weight excluding hydrogens is 338 g/mol. The molecular formula is C16H16F2N2O3S. The minimum atomic E-state index is -3.87. The van der Waals surface area contributed by atoms with Crippen LogP contribution in [0, 0.1) is 11.6 Å². The molecule has 1 N–H and O–H groups in total. The van der Waals surface area contributed by atoms with Crippen molar-refractivity contribution < 1.29 is 21.9 Å². The van der Waals surface area contributed by atoms with Crippen LogP contribution in [-0.2, 0) is 10.0 Å². The number of hydrogen-bond donors (Lipinski definition) is 1. The Morgan fingerprint density at radius 1 is 1.12 bits per heavy atom. The number of nitrogens with zero attached hydrogens (tertiary/aromatic N) is 1. The van der Waals surface area contributed by atoms with Gasteiger partial charge < -0.3 is 4.74 Å². The van der Waals surface area contributed by atoms with E-state index in [1.54, 1.807) is 0 Å². The highest BCUT2D eigenvalue weighted by Gasteiger charge is 2.13. The normalized spacial score (nSPS) is 12.1. The Hall–Kier alpha value is -2.48. The molecule has 8 heteroatoms. The van der Waals surface area contributed by atoms with Crippen molar-refractivity contribution in [3.63, 3.8) is 0 Å². The lowest BCUT2D eigenvalue weighted by atomic mass is 10.1. The quantitative estimate of drug-likeness (QED) is 0.640. The summed E-state index contributed by atoms with van der Waals surface area (Å²) in [4.78, 5) is 2.07. The topological polar surface area (TPSA) is 67.8 Å². The van der Waals surface area contributed by atoms with Gasteiger partial charge in [-0.15, -0.1) is 0 Å². The lowest BCUT2D eigenvalue weighted by Gasteiger charge is -2.07. The van der Waals surface area contributed by atoms with Gasteiger partial charge in [0.25, 0.3) is 10.0 Å². The third-order valence-corrected chi connectivity index (χ3v) is 4.34. The molecule has 0 aliphatic heterocycles. The number of sulfonamides is 1. The maximum atomic E-state index is 13.2. The summed E-state index contributed by atoms with van der Waals surface area (Å²) in [5.74, 6) is -1.46. The molecule has 0 spiro atoms. The second-order valence-electron chi connectivity index (χ2n) is 4.83. The molecule has 2 aromatic rings. The second kappa shape index (κ2) is 7.39. The van der Waals surface area contributed by atoms with Crippen LogP contribution in [0.4, 0.5) is 8.78 Å². The number of benzene rings is 2. The zero-order chi connectivity index (χ0) is 17.7. The highest BCUT2D eigenvalue weighted by Crippen LogP contribution is 2.16. The lowest BCUT2D eigenvalue weighted by molar-refractivity contribution is 0.340. The molecule has 0 saturated carbocycles. The van der Waals surface area contributed by atoms with E-state index in [0.717, 1.165) is 12.1 Å². The predicted molar refractivity (Wildman–Crippen MR) is 86.5 cm³/mol. The van der Waals surface area contributed by atoms with Crippen LogP contribution in [0.15, 0.2) is 52.5 Å². The van der Waals surface area contributed by atoms with Gasteiger partial charge in [0.1, 0.15) is 5.75 Å². The average molecular weight is 354 g/mol. The summed E-state index contributed by atoms with van der Waals surface area (Å²) in [6, 6.07) is 9.03. The molecule has 0 unspecified atom stereocenters. The van der Waals surface area contributed by atoms with Gasteiger partial charge in [-0.1, -0.05) is 0 Å². The first-order valence-corrected chi connectivity index (χ1v) is 8.56. The molecule has 0 heterocycles. The zero-order valence-corrected chi connectivity index (χ0v) is 13.9. The van der Waals surface area contributed by atoms with E-state index in [4.69, 9.17) is 4.74 Å². The van der Waals surface area contributed by atoms with Crippen molar-refractivity contribution in [1.29, 1.82) is 0 Å². The van der Waals surface area contributed by atoms with Crippen LogP contribution in [0.25, 0.3) is 0 Å². The summed E-state index contributed by atoms with van der Waals surface area (Å²) < 4.78 is 55.7. The van der Waals surface area contributed by atoms with Crippen LogP contribution >= 0.6 is 0 Å². The van der Waals surface area contributed by atoms with Crippen molar-refractivity contribution in [1.82, 2.24) is 4.83 Å². The van der Waals surface area contributed by atoms with Gasteiger partial charge in [0.05, 0.1) is 17.2 Å². The van der Waals surface area contributed by atoms with Crippen molar-refractivity contribution in [3.05, 3.63) is 59.7 Å². The molecule has 2 rings (SSSR count). The number of hydrogen-bond acceptors (Lipinski definition) is 4. The Balaban J connectivity index is 2.17. The Bertz CT molecular complexity index is 850. The summed E-state index contributed by atoms with van der Waals surface area (Å²) in [6.07, 6.45) is 0. The molecule has 0 radical (unpaired) electrons. The van der Waals surface area contributed by atoms with Gasteiger partial charge in [-0.3, -0.25) is 0 Å². The molecule has 0 aromatic heterocycles. The molecule has 128 valence electrons. The highest BCUT2D eigenvalue weighted by molar-refractivity contribution is 7.89. The van der Waals surface area contributed by atoms with E-state index in [1.165, 1.54) is 37.3 Å². The molecule has 0 aliphatic rings. The van der Waals surface area contributed by atoms with Crippen LogP contribution < -0.4 is 9.57 Å². The largest absolute Gasteiger partial charge is 0.494 e. The Morgan fingerprint density at radius 3 is 2.38 bits per heavy atom. The maximum absolute atomic E-state index is 13.2. The molecule has 0 aliphatic carbocycles. The standard InChI is InChI=1S/C16H16F2N2O3S/c1-3-23-13-5-7-14(8-6-13)24(21,22)20-19-11(2)12-4-9-15(17)16(18)10-12/h4-10,20H,3H2,1-2H3/b19-11+. The van der Waals surface area contributed by atoms with E-state index in [9.17, 15) is 17.2 Å². The first kappa shape index (κ1) is 17.9. The minimum absolute atomic E-state index is 0.00721. The van der Waals surface area contributed by atoms with E-state index in [0.29, 0.717) is 12.4 Å². The van der Waals surface area contributed by atoms with E-state index in [-0.39, 0.29) is 16.2 Å². The van der Waals surface area contributed by atoms with Crippen LogP contribution in [0.5, 0.6) is 5.75 Å². The molecule has 0 amide bonds. The molecule has 2 aromatic carbocycles. The monoisotopic (exact) mass is 354 g/mol. The first-order valence-electron chi connectivity index (χ1n) is 7.08. The zero-order valence-electron chi connectivity index (χ0n) is 13.1. The minimum Gasteiger partial charge on any atom is -0.494 e. The molecule has 0 saturated heterocycles. The average Bonchev–Trinajstić information content (AvgIpc) is 2.56. The lowest BCUT2D eigenvalue weighted by Crippen LogP contribution is -2.20. The summed E-state index contributed by atoms with van der Waals surface area (Å²) in [5.41, 5.74) is 0.465. The van der Waals surface area contributed by atoms with Gasteiger partial charge in [-0.05, 0) is 56.3 Å². The maximum Gasteiger partial charge on any atom is 0.276 e. The van der Waals surface area contributed by atoms with Crippen LogP contribution in [-0.4, -0.2) is 20.7 Å². The van der Waals surface area contributed by atoms with Gasteiger partial charge in [-0.2, -0.15) is 18.4 Å². The Kier molecular flexibility index (Phi) is 5.50. The summed E-state index contributed by atoms with van der Waals surface area (Å²) in [7, 11) is -3.87. The molecule has 5 nitrogen and oxygen atoms in total. The van der Waals surface area contributed by atoms with E-state index in [2.05, 4.69) is 9.93 Å². The molecule has 24 heavy (non-hydrogen) atoms. The second-order valence-corrected chi connectivity index (χ2v) is 6.49. The SMILES string of the molecule is CCOc1ccc(S(=O)(=O)N/N=C(\C)c2ccc(F)c(F)c2)cc1. The fourth-order valence-electron chi connectivity index (χ4n) is 1.85. The summed E-state index contributed by atoms with van der Waals surface area (Å²) >= 11 is 0. The van der Waals surface area contributed by atoms with Gasteiger partial charge in [0, 0.05) is 5.56 Å². The van der Waals surface area contributed by atoms with E-state index in [1.807, 2.05) is 6.92 Å². The number of halogens is 2. The number of ether oxygens (including phenoxy) is 1. The van der Waals surface area contributed by atoms with Crippen molar-refractivity contribution in [2.75, 3.05) is 6.61 Å². The van der Waals surface area contributed by atoms with Gasteiger partial charge in [0.2, 0.25) is 0 Å². The molecule has 0 fully saturated rings. The molecule has 0 atom stereocenters. The van der Waals surface area contributed by atoms with Crippen molar-refractivity contribution in [3.8, 4) is 5.75 Å². The smallest absolute Gasteiger partial charge is 0.276 e. The molecule has 0 bridgehead atoms. The Labute approximate surface area is 139 Å².